The second-order valence-corrected chi connectivity index (χ2v) is 5.86. The first-order valence-electron chi connectivity index (χ1n) is 7.77. The molecule has 1 amide bonds. The molecule has 3 atom stereocenters. The van der Waals surface area contributed by atoms with Crippen LogP contribution in [0.4, 0.5) is 0 Å². The number of esters is 1. The molecule has 0 spiro atoms. The Balaban J connectivity index is 1.77. The van der Waals surface area contributed by atoms with E-state index < -0.39 is 12.1 Å². The van der Waals surface area contributed by atoms with Gasteiger partial charge in [-0.3, -0.25) is 4.79 Å². The molecule has 0 bridgehead atoms. The zero-order valence-corrected chi connectivity index (χ0v) is 12.8. The van der Waals surface area contributed by atoms with Crippen molar-refractivity contribution >= 4 is 11.9 Å². The molecule has 0 saturated heterocycles. The molecular weight excluding hydrogens is 282 g/mol. The molecule has 1 aromatic carbocycles. The van der Waals surface area contributed by atoms with E-state index in [0.29, 0.717) is 11.5 Å². The summed E-state index contributed by atoms with van der Waals surface area (Å²) in [5.41, 5.74) is 0.453. The predicted molar refractivity (Wildman–Crippen MR) is 81.9 cm³/mol. The first-order valence-corrected chi connectivity index (χ1v) is 7.77. The lowest BCUT2D eigenvalue weighted by Crippen LogP contribution is -2.43. The Labute approximate surface area is 130 Å². The molecular formula is C17H23NO4. The fraction of sp³-hybridized carbons (Fsp3) is 0.529. The lowest BCUT2D eigenvalue weighted by Gasteiger charge is -2.29. The van der Waals surface area contributed by atoms with Gasteiger partial charge in [-0.1, -0.05) is 50.1 Å². The minimum Gasteiger partial charge on any atom is -0.453 e. The number of hydrogen-bond acceptors (Lipinski definition) is 4. The molecule has 22 heavy (non-hydrogen) atoms. The van der Waals surface area contributed by atoms with Crippen molar-refractivity contribution in [2.45, 2.75) is 44.8 Å². The van der Waals surface area contributed by atoms with Crippen LogP contribution in [0.25, 0.3) is 0 Å². The lowest BCUT2D eigenvalue weighted by atomic mass is 9.86. The fourth-order valence-corrected chi connectivity index (χ4v) is 2.77. The van der Waals surface area contributed by atoms with Gasteiger partial charge in [-0.15, -0.1) is 0 Å². The van der Waals surface area contributed by atoms with E-state index in [1.165, 1.54) is 6.42 Å². The van der Waals surface area contributed by atoms with Crippen LogP contribution in [0.3, 0.4) is 0 Å². The van der Waals surface area contributed by atoms with Crippen LogP contribution < -0.4 is 5.32 Å². The molecule has 1 fully saturated rings. The summed E-state index contributed by atoms with van der Waals surface area (Å²) in [6.07, 6.45) is 3.03. The Kier molecular flexibility index (Phi) is 5.95. The number of ether oxygens (including phenoxy) is 1. The Hall–Kier alpha value is -1.88. The van der Waals surface area contributed by atoms with E-state index in [1.54, 1.807) is 30.3 Å². The van der Waals surface area contributed by atoms with E-state index >= 15 is 0 Å². The lowest BCUT2D eigenvalue weighted by molar-refractivity contribution is -0.157. The summed E-state index contributed by atoms with van der Waals surface area (Å²) in [5, 5.41) is 12.8. The van der Waals surface area contributed by atoms with Gasteiger partial charge >= 0.3 is 5.97 Å². The topological polar surface area (TPSA) is 75.6 Å². The van der Waals surface area contributed by atoms with Crippen LogP contribution in [0, 0.1) is 5.92 Å². The molecule has 1 aromatic rings. The molecule has 5 heteroatoms. The van der Waals surface area contributed by atoms with Gasteiger partial charge in [0.05, 0.1) is 0 Å². The standard InChI is InChI=1S/C17H23NO4/c1-12-7-5-6-10-14(12)18-15(19)11-22-17(21)16(20)13-8-3-2-4-9-13/h2-4,8-9,12,14,16,20H,5-7,10-11H2,1H3,(H,18,19)/t12-,14-,16-/m1/s1. The van der Waals surface area contributed by atoms with Crippen LogP contribution in [0.15, 0.2) is 30.3 Å². The average Bonchev–Trinajstić information content (AvgIpc) is 2.55. The monoisotopic (exact) mass is 305 g/mol. The number of rotatable bonds is 5. The van der Waals surface area contributed by atoms with E-state index in [9.17, 15) is 14.7 Å². The summed E-state index contributed by atoms with van der Waals surface area (Å²) in [6.45, 7) is 1.77. The summed E-state index contributed by atoms with van der Waals surface area (Å²) in [7, 11) is 0. The zero-order valence-electron chi connectivity index (χ0n) is 12.8. The molecule has 0 aromatic heterocycles. The highest BCUT2D eigenvalue weighted by molar-refractivity contribution is 5.82. The third-order valence-corrected chi connectivity index (χ3v) is 4.14. The van der Waals surface area contributed by atoms with E-state index in [0.717, 1.165) is 19.3 Å². The first kappa shape index (κ1) is 16.5. The van der Waals surface area contributed by atoms with Gasteiger partial charge in [0.15, 0.2) is 12.7 Å². The van der Waals surface area contributed by atoms with Crippen molar-refractivity contribution in [3.8, 4) is 0 Å². The molecule has 2 rings (SSSR count). The third-order valence-electron chi connectivity index (χ3n) is 4.14. The zero-order chi connectivity index (χ0) is 15.9. The minimum atomic E-state index is -1.36. The van der Waals surface area contributed by atoms with Crippen LogP contribution in [0.2, 0.25) is 0 Å². The minimum absolute atomic E-state index is 0.152. The Morgan fingerprint density at radius 1 is 1.27 bits per heavy atom. The number of benzene rings is 1. The smallest absolute Gasteiger partial charge is 0.340 e. The SMILES string of the molecule is C[C@@H]1CCCC[C@H]1NC(=O)COC(=O)[C@H](O)c1ccccc1. The van der Waals surface area contributed by atoms with Gasteiger partial charge in [-0.25, -0.2) is 4.79 Å². The second kappa shape index (κ2) is 7.94. The Morgan fingerprint density at radius 3 is 2.64 bits per heavy atom. The number of aliphatic hydroxyl groups excluding tert-OH is 1. The number of aliphatic hydroxyl groups is 1. The van der Waals surface area contributed by atoms with Gasteiger partial charge in [-0.05, 0) is 24.3 Å². The maximum absolute atomic E-state index is 11.9. The Morgan fingerprint density at radius 2 is 1.95 bits per heavy atom. The van der Waals surface area contributed by atoms with E-state index in [-0.39, 0.29) is 18.6 Å². The van der Waals surface area contributed by atoms with Crippen LogP contribution in [-0.4, -0.2) is 29.6 Å². The van der Waals surface area contributed by atoms with Gasteiger partial charge < -0.3 is 15.2 Å². The number of hydrogen-bond donors (Lipinski definition) is 2. The van der Waals surface area contributed by atoms with Crippen molar-refractivity contribution in [1.82, 2.24) is 5.32 Å². The van der Waals surface area contributed by atoms with Crippen molar-refractivity contribution in [3.63, 3.8) is 0 Å². The average molecular weight is 305 g/mol. The third kappa shape index (κ3) is 4.56. The largest absolute Gasteiger partial charge is 0.453 e. The van der Waals surface area contributed by atoms with Gasteiger partial charge in [0, 0.05) is 6.04 Å². The van der Waals surface area contributed by atoms with Gasteiger partial charge in [0.1, 0.15) is 0 Å². The highest BCUT2D eigenvalue weighted by atomic mass is 16.5. The maximum Gasteiger partial charge on any atom is 0.340 e. The molecule has 2 N–H and O–H groups in total. The number of carbonyl (C=O) groups excluding carboxylic acids is 2. The molecule has 0 heterocycles. The fourth-order valence-electron chi connectivity index (χ4n) is 2.77. The molecule has 1 saturated carbocycles. The van der Waals surface area contributed by atoms with Crippen LogP contribution in [-0.2, 0) is 14.3 Å². The van der Waals surface area contributed by atoms with E-state index in [1.807, 2.05) is 0 Å². The molecule has 0 aliphatic heterocycles. The molecule has 120 valence electrons. The van der Waals surface area contributed by atoms with Crippen molar-refractivity contribution < 1.29 is 19.4 Å². The predicted octanol–water partition coefficient (Wildman–Crippen LogP) is 1.96. The summed E-state index contributed by atoms with van der Waals surface area (Å²) < 4.78 is 4.90. The summed E-state index contributed by atoms with van der Waals surface area (Å²) >= 11 is 0. The summed E-state index contributed by atoms with van der Waals surface area (Å²) in [6, 6.07) is 8.66. The van der Waals surface area contributed by atoms with Gasteiger partial charge in [0.2, 0.25) is 0 Å². The number of nitrogens with one attached hydrogen (secondary N) is 1. The maximum atomic E-state index is 11.9. The number of amides is 1. The van der Waals surface area contributed by atoms with E-state index in [4.69, 9.17) is 4.74 Å². The van der Waals surface area contributed by atoms with Crippen LogP contribution in [0.1, 0.15) is 44.3 Å². The van der Waals surface area contributed by atoms with Crippen molar-refractivity contribution in [1.29, 1.82) is 0 Å². The van der Waals surface area contributed by atoms with Crippen molar-refractivity contribution in [3.05, 3.63) is 35.9 Å². The molecule has 1 aliphatic rings. The molecule has 5 nitrogen and oxygen atoms in total. The second-order valence-electron chi connectivity index (χ2n) is 5.86. The van der Waals surface area contributed by atoms with E-state index in [2.05, 4.69) is 12.2 Å². The Bertz CT molecular complexity index is 503. The highest BCUT2D eigenvalue weighted by Crippen LogP contribution is 2.23. The first-order chi connectivity index (χ1) is 10.6. The van der Waals surface area contributed by atoms with Gasteiger partial charge in [0.25, 0.3) is 5.91 Å². The molecule has 0 unspecified atom stereocenters. The molecule has 1 aliphatic carbocycles. The molecule has 0 radical (unpaired) electrons. The van der Waals surface area contributed by atoms with Crippen LogP contribution >= 0.6 is 0 Å². The quantitative estimate of drug-likeness (QED) is 0.815. The number of carbonyl (C=O) groups is 2. The van der Waals surface area contributed by atoms with Crippen LogP contribution in [0.5, 0.6) is 0 Å². The van der Waals surface area contributed by atoms with Crippen molar-refractivity contribution in [2.75, 3.05) is 6.61 Å². The van der Waals surface area contributed by atoms with Gasteiger partial charge in [-0.2, -0.15) is 0 Å². The summed E-state index contributed by atoms with van der Waals surface area (Å²) in [5.74, 6) is -0.672. The normalized spacial score (nSPS) is 22.6. The highest BCUT2D eigenvalue weighted by Gasteiger charge is 2.24. The van der Waals surface area contributed by atoms with Crippen molar-refractivity contribution in [2.24, 2.45) is 5.92 Å². The summed E-state index contributed by atoms with van der Waals surface area (Å²) in [4.78, 5) is 23.6.